The molecule has 0 bridgehead atoms. The minimum absolute atomic E-state index is 0.0750. The molecule has 1 amide bonds. The highest BCUT2D eigenvalue weighted by Gasteiger charge is 2.64. The van der Waals surface area contributed by atoms with Crippen molar-refractivity contribution < 1.29 is 31.3 Å². The van der Waals surface area contributed by atoms with Gasteiger partial charge in [0.2, 0.25) is 11.0 Å². The number of benzene rings is 1. The van der Waals surface area contributed by atoms with Crippen LogP contribution in [0, 0.1) is 0 Å². The van der Waals surface area contributed by atoms with Crippen LogP contribution in [0.2, 0.25) is 0 Å². The Kier molecular flexibility index (Phi) is 4.16. The van der Waals surface area contributed by atoms with E-state index >= 15 is 0 Å². The molecule has 2 atom stereocenters. The van der Waals surface area contributed by atoms with E-state index in [1.54, 1.807) is 18.2 Å². The molecule has 1 aliphatic heterocycles. The Bertz CT molecular complexity index is 566. The van der Waals surface area contributed by atoms with Crippen molar-refractivity contribution in [1.82, 2.24) is 4.31 Å². The average Bonchev–Trinajstić information content (AvgIpc) is 2.79. The fraction of sp³-hybridized carbons (Fsp3) is 0.364. The highest BCUT2D eigenvalue weighted by atomic mass is 35.5. The summed E-state index contributed by atoms with van der Waals surface area (Å²) in [5.74, 6) is 0. The Morgan fingerprint density at radius 1 is 1.24 bits per heavy atom. The maximum absolute atomic E-state index is 13.4. The second-order valence-corrected chi connectivity index (χ2v) is 5.97. The monoisotopic (exact) mass is 345 g/mol. The van der Waals surface area contributed by atoms with E-state index in [2.05, 4.69) is 16.3 Å². The number of nitrogens with zero attached hydrogens (tertiary/aromatic N) is 1. The van der Waals surface area contributed by atoms with Gasteiger partial charge in [0.05, 0.1) is 0 Å². The highest BCUT2D eigenvalue weighted by molar-refractivity contribution is 7.84. The molecule has 10 heteroatoms. The number of alkyl halides is 5. The lowest BCUT2D eigenvalue weighted by Crippen LogP contribution is -2.47. The summed E-state index contributed by atoms with van der Waals surface area (Å²) in [6, 6.07) is 6.50. The number of carbonyl (C=O) groups is 1. The van der Waals surface area contributed by atoms with E-state index < -0.39 is 33.8 Å². The third kappa shape index (κ3) is 2.84. The lowest BCUT2D eigenvalue weighted by molar-refractivity contribution is -0.0954. The van der Waals surface area contributed by atoms with Gasteiger partial charge >= 0.3 is 16.7 Å². The van der Waals surface area contributed by atoms with Crippen molar-refractivity contribution in [3.8, 4) is 0 Å². The van der Waals surface area contributed by atoms with E-state index in [1.165, 1.54) is 12.1 Å². The molecule has 1 aromatic carbocycles. The van der Waals surface area contributed by atoms with E-state index in [1.807, 2.05) is 0 Å². The SMILES string of the molecule is O=C1OC[C@H](c2ccccc2)N1S(=O)C(F)(F)C(F)(F)Cl. The third-order valence-electron chi connectivity index (χ3n) is 2.74. The first-order chi connectivity index (χ1) is 9.66. The number of halogens is 5. The van der Waals surface area contributed by atoms with Gasteiger partial charge in [0.25, 0.3) is 0 Å². The van der Waals surface area contributed by atoms with E-state index in [-0.39, 0.29) is 10.9 Å². The van der Waals surface area contributed by atoms with Crippen LogP contribution in [-0.4, -0.2) is 31.9 Å². The number of amides is 1. The van der Waals surface area contributed by atoms with E-state index in [0.717, 1.165) is 0 Å². The van der Waals surface area contributed by atoms with Crippen LogP contribution in [-0.2, 0) is 15.7 Å². The Morgan fingerprint density at radius 3 is 2.33 bits per heavy atom. The number of cyclic esters (lactones) is 1. The van der Waals surface area contributed by atoms with Crippen molar-refractivity contribution >= 4 is 28.7 Å². The summed E-state index contributed by atoms with van der Waals surface area (Å²) in [4.78, 5) is 11.5. The van der Waals surface area contributed by atoms with Gasteiger partial charge in [-0.1, -0.05) is 30.3 Å². The Labute approximate surface area is 124 Å². The molecule has 2 rings (SSSR count). The Balaban J connectivity index is 2.36. The van der Waals surface area contributed by atoms with Gasteiger partial charge in [0.15, 0.2) is 0 Å². The average molecular weight is 346 g/mol. The fourth-order valence-corrected chi connectivity index (χ4v) is 2.97. The molecule has 0 aliphatic carbocycles. The number of carbonyl (C=O) groups excluding carboxylic acids is 1. The normalized spacial score (nSPS) is 21.3. The minimum atomic E-state index is -5.12. The van der Waals surface area contributed by atoms with Gasteiger partial charge in [-0.05, 0) is 17.2 Å². The molecule has 0 radical (unpaired) electrons. The molecule has 116 valence electrons. The Morgan fingerprint density at radius 2 is 1.81 bits per heavy atom. The maximum atomic E-state index is 13.4. The van der Waals surface area contributed by atoms with Crippen LogP contribution in [0.1, 0.15) is 11.6 Å². The summed E-state index contributed by atoms with van der Waals surface area (Å²) >= 11 is 4.28. The second-order valence-electron chi connectivity index (χ2n) is 4.09. The summed E-state index contributed by atoms with van der Waals surface area (Å²) in [5.41, 5.74) is 0.324. The Hall–Kier alpha value is -1.35. The summed E-state index contributed by atoms with van der Waals surface area (Å²) in [6.45, 7) is -0.376. The van der Waals surface area contributed by atoms with Crippen molar-refractivity contribution in [2.75, 3.05) is 6.61 Å². The van der Waals surface area contributed by atoms with Crippen LogP contribution < -0.4 is 0 Å². The fourth-order valence-electron chi connectivity index (χ4n) is 1.72. The topological polar surface area (TPSA) is 46.6 Å². The van der Waals surface area contributed by atoms with Crippen molar-refractivity contribution in [1.29, 1.82) is 0 Å². The smallest absolute Gasteiger partial charge is 0.422 e. The molecule has 1 aromatic rings. The summed E-state index contributed by atoms with van der Waals surface area (Å²) in [6.07, 6.45) is -1.37. The molecule has 4 nitrogen and oxygen atoms in total. The molecule has 0 spiro atoms. The second kappa shape index (κ2) is 5.45. The third-order valence-corrected chi connectivity index (χ3v) is 4.55. The van der Waals surface area contributed by atoms with Crippen molar-refractivity contribution in [3.05, 3.63) is 35.9 Å². The molecule has 1 fully saturated rings. The molecule has 1 heterocycles. The molecule has 1 saturated heterocycles. The first-order valence-corrected chi connectivity index (χ1v) is 7.02. The molecule has 1 unspecified atom stereocenters. The van der Waals surface area contributed by atoms with Crippen molar-refractivity contribution in [3.63, 3.8) is 0 Å². The quantitative estimate of drug-likeness (QED) is 0.621. The van der Waals surface area contributed by atoms with Crippen LogP contribution in [0.5, 0.6) is 0 Å². The van der Waals surface area contributed by atoms with E-state index in [4.69, 9.17) is 0 Å². The van der Waals surface area contributed by atoms with Gasteiger partial charge in [0, 0.05) is 0 Å². The van der Waals surface area contributed by atoms with Gasteiger partial charge in [-0.3, -0.25) is 0 Å². The number of ether oxygens (including phenoxy) is 1. The van der Waals surface area contributed by atoms with Crippen LogP contribution in [0.25, 0.3) is 0 Å². The van der Waals surface area contributed by atoms with E-state index in [9.17, 15) is 26.6 Å². The predicted molar refractivity (Wildman–Crippen MR) is 66.3 cm³/mol. The largest absolute Gasteiger partial charge is 0.446 e. The van der Waals surface area contributed by atoms with E-state index in [0.29, 0.717) is 5.56 Å². The molecule has 0 N–H and O–H groups in total. The molecule has 0 saturated carbocycles. The van der Waals surface area contributed by atoms with Crippen LogP contribution in [0.4, 0.5) is 22.4 Å². The minimum Gasteiger partial charge on any atom is -0.446 e. The molecule has 0 aromatic heterocycles. The zero-order valence-corrected chi connectivity index (χ0v) is 11.7. The van der Waals surface area contributed by atoms with Crippen LogP contribution in [0.15, 0.2) is 30.3 Å². The van der Waals surface area contributed by atoms with Crippen LogP contribution >= 0.6 is 11.6 Å². The number of hydrogen-bond donors (Lipinski definition) is 0. The lowest BCUT2D eigenvalue weighted by Gasteiger charge is -2.27. The molecule has 21 heavy (non-hydrogen) atoms. The van der Waals surface area contributed by atoms with Gasteiger partial charge < -0.3 is 4.74 Å². The van der Waals surface area contributed by atoms with Crippen molar-refractivity contribution in [2.24, 2.45) is 0 Å². The van der Waals surface area contributed by atoms with Gasteiger partial charge in [0.1, 0.15) is 12.6 Å². The molecule has 1 aliphatic rings. The first-order valence-electron chi connectivity index (χ1n) is 5.53. The lowest BCUT2D eigenvalue weighted by atomic mass is 10.1. The predicted octanol–water partition coefficient (Wildman–Crippen LogP) is 3.27. The standard InChI is InChI=1S/C11H8ClF4NO3S/c12-10(13,14)11(15,16)21(19)17-8(6-20-9(17)18)7-4-2-1-3-5-7/h1-5,8H,6H2/t8-,21?/m1/s1. The number of rotatable bonds is 4. The zero-order chi connectivity index (χ0) is 15.8. The zero-order valence-electron chi connectivity index (χ0n) is 10.1. The van der Waals surface area contributed by atoms with Gasteiger partial charge in [-0.2, -0.15) is 17.6 Å². The van der Waals surface area contributed by atoms with Gasteiger partial charge in [-0.15, -0.1) is 0 Å². The van der Waals surface area contributed by atoms with Gasteiger partial charge in [-0.25, -0.2) is 13.3 Å². The highest BCUT2D eigenvalue weighted by Crippen LogP contribution is 2.44. The summed E-state index contributed by atoms with van der Waals surface area (Å²) in [7, 11) is -3.69. The first kappa shape index (κ1) is 16.0. The van der Waals surface area contributed by atoms with Crippen molar-refractivity contribution in [2.45, 2.75) is 16.7 Å². The number of hydrogen-bond acceptors (Lipinski definition) is 3. The van der Waals surface area contributed by atoms with Crippen LogP contribution in [0.3, 0.4) is 0 Å². The molecular weight excluding hydrogens is 338 g/mol. The summed E-state index contributed by atoms with van der Waals surface area (Å²) in [5, 5.41) is -10.2. The summed E-state index contributed by atoms with van der Waals surface area (Å²) < 4.78 is 68.6. The maximum Gasteiger partial charge on any atom is 0.422 e. The molecular formula is C11H8ClF4NO3S.